The molecule has 5 nitrogen and oxygen atoms in total. The average Bonchev–Trinajstić information content (AvgIpc) is 2.47. The van der Waals surface area contributed by atoms with Gasteiger partial charge >= 0.3 is 0 Å². The van der Waals surface area contributed by atoms with Crippen LogP contribution >= 0.6 is 15.9 Å². The second kappa shape index (κ2) is 6.35. The third-order valence-corrected chi connectivity index (χ3v) is 4.97. The van der Waals surface area contributed by atoms with Crippen LogP contribution in [0, 0.1) is 11.3 Å². The summed E-state index contributed by atoms with van der Waals surface area (Å²) in [7, 11) is -3.81. The van der Waals surface area contributed by atoms with Gasteiger partial charge in [0.15, 0.2) is 5.69 Å². The maximum Gasteiger partial charge on any atom is 0.244 e. The highest BCUT2D eigenvalue weighted by Crippen LogP contribution is 2.20. The van der Waals surface area contributed by atoms with Crippen molar-refractivity contribution in [2.75, 3.05) is 0 Å². The molecule has 1 aromatic carbocycles. The predicted octanol–water partition coefficient (Wildman–Crippen LogP) is 2.76. The molecule has 0 aliphatic rings. The first-order chi connectivity index (χ1) is 9.94. The van der Waals surface area contributed by atoms with Gasteiger partial charge in [-0.15, -0.1) is 0 Å². The van der Waals surface area contributed by atoms with Crippen molar-refractivity contribution in [1.29, 1.82) is 5.26 Å². The number of sulfonamides is 1. The summed E-state index contributed by atoms with van der Waals surface area (Å²) in [6.07, 6.45) is 1.38. The minimum Gasteiger partial charge on any atom is -0.244 e. The third kappa shape index (κ3) is 3.67. The van der Waals surface area contributed by atoms with Gasteiger partial charge < -0.3 is 0 Å². The number of pyridine rings is 1. The molecule has 0 saturated heterocycles. The van der Waals surface area contributed by atoms with E-state index in [2.05, 4.69) is 25.6 Å². The van der Waals surface area contributed by atoms with Crippen molar-refractivity contribution in [3.05, 3.63) is 58.3 Å². The largest absolute Gasteiger partial charge is 0.244 e. The van der Waals surface area contributed by atoms with Crippen LogP contribution in [0.15, 0.2) is 52.0 Å². The lowest BCUT2D eigenvalue weighted by Crippen LogP contribution is -2.27. The van der Waals surface area contributed by atoms with Crippen LogP contribution in [0.2, 0.25) is 0 Å². The monoisotopic (exact) mass is 365 g/mol. The Morgan fingerprint density at radius 1 is 1.29 bits per heavy atom. The molecule has 1 atom stereocenters. The Morgan fingerprint density at radius 3 is 2.57 bits per heavy atom. The van der Waals surface area contributed by atoms with E-state index >= 15 is 0 Å². The molecule has 0 aliphatic heterocycles. The van der Waals surface area contributed by atoms with Gasteiger partial charge in [-0.05, 0) is 36.8 Å². The zero-order valence-corrected chi connectivity index (χ0v) is 13.5. The van der Waals surface area contributed by atoms with E-state index in [4.69, 9.17) is 5.26 Å². The molecule has 1 N–H and O–H groups in total. The van der Waals surface area contributed by atoms with Crippen molar-refractivity contribution in [2.24, 2.45) is 0 Å². The van der Waals surface area contributed by atoms with Crippen molar-refractivity contribution < 1.29 is 8.42 Å². The summed E-state index contributed by atoms with van der Waals surface area (Å²) in [5.41, 5.74) is 0.706. The number of nitrogens with one attached hydrogen (secondary N) is 1. The average molecular weight is 366 g/mol. The maximum atomic E-state index is 12.4. The number of hydrogen-bond donors (Lipinski definition) is 1. The summed E-state index contributed by atoms with van der Waals surface area (Å²) in [4.78, 5) is 3.65. The summed E-state index contributed by atoms with van der Waals surface area (Å²) < 4.78 is 28.2. The fourth-order valence-corrected chi connectivity index (χ4v) is 3.41. The number of nitrogens with zero attached hydrogens (tertiary/aromatic N) is 2. The van der Waals surface area contributed by atoms with E-state index in [0.717, 1.165) is 10.0 Å². The highest BCUT2D eigenvalue weighted by molar-refractivity contribution is 9.10. The molecular formula is C14H12BrN3O2S. The fraction of sp³-hybridized carbons (Fsp3) is 0.143. The number of aromatic nitrogens is 1. The van der Waals surface area contributed by atoms with Gasteiger partial charge in [-0.25, -0.2) is 18.1 Å². The second-order valence-electron chi connectivity index (χ2n) is 4.36. The van der Waals surface area contributed by atoms with E-state index in [9.17, 15) is 8.42 Å². The molecule has 0 saturated carbocycles. The van der Waals surface area contributed by atoms with Crippen LogP contribution in [-0.4, -0.2) is 13.4 Å². The van der Waals surface area contributed by atoms with Gasteiger partial charge in [-0.1, -0.05) is 28.1 Å². The minimum atomic E-state index is -3.81. The van der Waals surface area contributed by atoms with Crippen LogP contribution in [0.1, 0.15) is 24.2 Å². The molecule has 0 radical (unpaired) electrons. The second-order valence-corrected chi connectivity index (χ2v) is 6.95. The van der Waals surface area contributed by atoms with Gasteiger partial charge in [0.2, 0.25) is 10.0 Å². The molecule has 0 spiro atoms. The molecule has 0 bridgehead atoms. The summed E-state index contributed by atoms with van der Waals surface area (Å²) in [5.74, 6) is 0. The normalized spacial score (nSPS) is 12.6. The summed E-state index contributed by atoms with van der Waals surface area (Å²) >= 11 is 3.33. The first kappa shape index (κ1) is 15.6. The molecule has 108 valence electrons. The summed E-state index contributed by atoms with van der Waals surface area (Å²) in [5, 5.41) is 8.95. The highest BCUT2D eigenvalue weighted by atomic mass is 79.9. The first-order valence-corrected chi connectivity index (χ1v) is 8.34. The Balaban J connectivity index is 2.29. The molecule has 0 fully saturated rings. The maximum absolute atomic E-state index is 12.4. The number of benzene rings is 1. The van der Waals surface area contributed by atoms with Gasteiger partial charge in [-0.3, -0.25) is 0 Å². The van der Waals surface area contributed by atoms with Crippen molar-refractivity contribution in [2.45, 2.75) is 17.9 Å². The fourth-order valence-electron chi connectivity index (χ4n) is 1.81. The van der Waals surface area contributed by atoms with Gasteiger partial charge in [0.1, 0.15) is 11.0 Å². The Bertz CT molecular complexity index is 783. The van der Waals surface area contributed by atoms with E-state index in [1.54, 1.807) is 13.0 Å². The van der Waals surface area contributed by atoms with E-state index < -0.39 is 16.1 Å². The van der Waals surface area contributed by atoms with Gasteiger partial charge in [0.05, 0.1) is 0 Å². The van der Waals surface area contributed by atoms with Crippen molar-refractivity contribution >= 4 is 26.0 Å². The molecule has 0 aliphatic carbocycles. The van der Waals surface area contributed by atoms with E-state index in [-0.39, 0.29) is 10.6 Å². The van der Waals surface area contributed by atoms with Gasteiger partial charge in [0.25, 0.3) is 0 Å². The molecule has 21 heavy (non-hydrogen) atoms. The predicted molar refractivity (Wildman–Crippen MR) is 81.8 cm³/mol. The van der Waals surface area contributed by atoms with Crippen molar-refractivity contribution in [3.8, 4) is 6.07 Å². The number of hydrogen-bond acceptors (Lipinski definition) is 4. The molecule has 2 rings (SSSR count). The van der Waals surface area contributed by atoms with E-state index in [1.807, 2.05) is 24.3 Å². The zero-order chi connectivity index (χ0) is 15.5. The van der Waals surface area contributed by atoms with Gasteiger partial charge in [0, 0.05) is 16.7 Å². The topological polar surface area (TPSA) is 82.8 Å². The van der Waals surface area contributed by atoms with Crippen LogP contribution in [0.25, 0.3) is 0 Å². The minimum absolute atomic E-state index is 0.114. The first-order valence-electron chi connectivity index (χ1n) is 6.07. The summed E-state index contributed by atoms with van der Waals surface area (Å²) in [6.45, 7) is 1.74. The Morgan fingerprint density at radius 2 is 1.95 bits per heavy atom. The SMILES string of the molecule is C[C@@H](NS(=O)(=O)c1cccnc1C#N)c1ccc(Br)cc1. The van der Waals surface area contributed by atoms with Crippen LogP contribution in [0.5, 0.6) is 0 Å². The number of nitriles is 1. The lowest BCUT2D eigenvalue weighted by molar-refractivity contribution is 0.566. The standard InChI is InChI=1S/C14H12BrN3O2S/c1-10(11-4-6-12(15)7-5-11)18-21(19,20)14-3-2-8-17-13(14)9-16/h2-8,10,18H,1H3/t10-/m1/s1. The van der Waals surface area contributed by atoms with Crippen LogP contribution < -0.4 is 4.72 Å². The smallest absolute Gasteiger partial charge is 0.244 e. The van der Waals surface area contributed by atoms with Crippen molar-refractivity contribution in [3.63, 3.8) is 0 Å². The van der Waals surface area contributed by atoms with Crippen LogP contribution in [-0.2, 0) is 10.0 Å². The van der Waals surface area contributed by atoms with E-state index in [1.165, 1.54) is 18.3 Å². The van der Waals surface area contributed by atoms with Crippen LogP contribution in [0.3, 0.4) is 0 Å². The van der Waals surface area contributed by atoms with Gasteiger partial charge in [-0.2, -0.15) is 5.26 Å². The molecular weight excluding hydrogens is 354 g/mol. The lowest BCUT2D eigenvalue weighted by Gasteiger charge is -2.15. The lowest BCUT2D eigenvalue weighted by atomic mass is 10.1. The third-order valence-electron chi connectivity index (χ3n) is 2.87. The quantitative estimate of drug-likeness (QED) is 0.902. The zero-order valence-electron chi connectivity index (χ0n) is 11.1. The molecule has 0 unspecified atom stereocenters. The highest BCUT2D eigenvalue weighted by Gasteiger charge is 2.22. The van der Waals surface area contributed by atoms with E-state index in [0.29, 0.717) is 0 Å². The molecule has 7 heteroatoms. The van der Waals surface area contributed by atoms with Crippen LogP contribution in [0.4, 0.5) is 0 Å². The molecule has 1 heterocycles. The Kier molecular flexibility index (Phi) is 4.73. The molecule has 0 amide bonds. The number of rotatable bonds is 4. The summed E-state index contributed by atoms with van der Waals surface area (Å²) in [6, 6.07) is 11.5. The van der Waals surface area contributed by atoms with Crippen molar-refractivity contribution in [1.82, 2.24) is 9.71 Å². The Hall–Kier alpha value is -1.75. The number of halogens is 1. The molecule has 2 aromatic rings. The Labute approximate surface area is 131 Å². The molecule has 1 aromatic heterocycles.